The second-order valence-corrected chi connectivity index (χ2v) is 4.00. The lowest BCUT2D eigenvalue weighted by Gasteiger charge is -2.11. The van der Waals surface area contributed by atoms with Crippen molar-refractivity contribution in [3.63, 3.8) is 0 Å². The summed E-state index contributed by atoms with van der Waals surface area (Å²) in [6, 6.07) is 0. The van der Waals surface area contributed by atoms with Crippen molar-refractivity contribution in [1.82, 2.24) is 4.90 Å². The van der Waals surface area contributed by atoms with Gasteiger partial charge in [-0.2, -0.15) is 0 Å². The first-order valence-electron chi connectivity index (χ1n) is 6.40. The molecule has 0 bridgehead atoms. The van der Waals surface area contributed by atoms with Crippen molar-refractivity contribution < 1.29 is 28.6 Å². The van der Waals surface area contributed by atoms with E-state index >= 15 is 0 Å². The molecule has 0 aromatic heterocycles. The minimum atomic E-state index is -0.931. The maximum atomic E-state index is 11.9. The molecule has 21 heavy (non-hydrogen) atoms. The van der Waals surface area contributed by atoms with Crippen LogP contribution in [-0.2, 0) is 28.6 Å². The van der Waals surface area contributed by atoms with Gasteiger partial charge in [-0.25, -0.2) is 14.4 Å². The molecule has 0 N–H and O–H groups in total. The fraction of sp³-hybridized carbons (Fsp3) is 0.500. The molecule has 0 aromatic rings. The van der Waals surface area contributed by atoms with Crippen LogP contribution in [-0.4, -0.2) is 57.2 Å². The molecule has 0 aliphatic carbocycles. The number of nitrogens with zero attached hydrogens (tertiary/aromatic N) is 1. The average Bonchev–Trinajstić information content (AvgIpc) is 2.42. The van der Waals surface area contributed by atoms with Crippen molar-refractivity contribution in [2.75, 3.05) is 34.4 Å². The molecule has 0 atom stereocenters. The molecule has 0 aliphatic rings. The Morgan fingerprint density at radius 1 is 0.952 bits per heavy atom. The lowest BCUT2D eigenvalue weighted by atomic mass is 10.1. The van der Waals surface area contributed by atoms with Gasteiger partial charge in [0.2, 0.25) is 0 Å². The monoisotopic (exact) mass is 299 g/mol. The predicted octanol–water partition coefficient (Wildman–Crippen LogP) is 0.657. The quantitative estimate of drug-likeness (QED) is 0.170. The Bertz CT molecular complexity index is 430. The van der Waals surface area contributed by atoms with Crippen LogP contribution in [0.25, 0.3) is 0 Å². The number of hydrogen-bond acceptors (Lipinski definition) is 7. The molecule has 7 heteroatoms. The number of methoxy groups -OCH3 is 1. The molecule has 7 nitrogen and oxygen atoms in total. The van der Waals surface area contributed by atoms with Crippen molar-refractivity contribution in [3.05, 3.63) is 23.4 Å². The van der Waals surface area contributed by atoms with Crippen LogP contribution in [0.2, 0.25) is 0 Å². The molecule has 0 heterocycles. The predicted molar refractivity (Wildman–Crippen MR) is 75.1 cm³/mol. The van der Waals surface area contributed by atoms with E-state index in [2.05, 4.69) is 4.74 Å². The van der Waals surface area contributed by atoms with Crippen LogP contribution in [0.1, 0.15) is 13.8 Å². The summed E-state index contributed by atoms with van der Waals surface area (Å²) in [4.78, 5) is 37.3. The van der Waals surface area contributed by atoms with Gasteiger partial charge in [0.25, 0.3) is 0 Å². The first-order chi connectivity index (χ1) is 9.88. The van der Waals surface area contributed by atoms with Crippen LogP contribution in [0.3, 0.4) is 0 Å². The van der Waals surface area contributed by atoms with Gasteiger partial charge in [-0.05, 0) is 26.1 Å². The number of ether oxygens (including phenoxy) is 3. The van der Waals surface area contributed by atoms with Crippen LogP contribution < -0.4 is 0 Å². The maximum absolute atomic E-state index is 11.9. The third-order valence-electron chi connectivity index (χ3n) is 2.17. The highest BCUT2D eigenvalue weighted by molar-refractivity contribution is 6.19. The Hall–Kier alpha value is -2.31. The number of rotatable bonds is 7. The van der Waals surface area contributed by atoms with Gasteiger partial charge < -0.3 is 19.1 Å². The van der Waals surface area contributed by atoms with E-state index in [9.17, 15) is 14.4 Å². The summed E-state index contributed by atoms with van der Waals surface area (Å²) < 4.78 is 14.2. The van der Waals surface area contributed by atoms with Crippen molar-refractivity contribution in [3.8, 4) is 0 Å². The second kappa shape index (κ2) is 9.57. The lowest BCUT2D eigenvalue weighted by molar-refractivity contribution is -0.148. The summed E-state index contributed by atoms with van der Waals surface area (Å²) in [5.74, 6) is -2.69. The van der Waals surface area contributed by atoms with Gasteiger partial charge in [-0.15, -0.1) is 0 Å². The van der Waals surface area contributed by atoms with E-state index in [0.717, 1.165) is 7.11 Å². The van der Waals surface area contributed by atoms with Crippen molar-refractivity contribution in [2.24, 2.45) is 0 Å². The fourth-order valence-corrected chi connectivity index (χ4v) is 1.30. The van der Waals surface area contributed by atoms with E-state index in [4.69, 9.17) is 9.47 Å². The summed E-state index contributed by atoms with van der Waals surface area (Å²) in [5, 5.41) is 0. The fourth-order valence-electron chi connectivity index (χ4n) is 1.30. The number of carbonyl (C=O) groups is 3. The molecule has 0 saturated heterocycles. The molecule has 0 rings (SSSR count). The van der Waals surface area contributed by atoms with E-state index in [0.29, 0.717) is 0 Å². The van der Waals surface area contributed by atoms with Crippen LogP contribution in [0.15, 0.2) is 23.4 Å². The van der Waals surface area contributed by atoms with Crippen LogP contribution in [0.5, 0.6) is 0 Å². The largest absolute Gasteiger partial charge is 0.465 e. The van der Waals surface area contributed by atoms with Crippen molar-refractivity contribution in [2.45, 2.75) is 13.8 Å². The summed E-state index contributed by atoms with van der Waals surface area (Å²) in [7, 11) is 4.60. The Morgan fingerprint density at radius 2 is 1.43 bits per heavy atom. The molecule has 0 saturated carbocycles. The number of carbonyl (C=O) groups excluding carboxylic acids is 3. The third kappa shape index (κ3) is 6.11. The Kier molecular flexibility index (Phi) is 8.52. The smallest absolute Gasteiger partial charge is 0.346 e. The highest BCUT2D eigenvalue weighted by Crippen LogP contribution is 2.13. The van der Waals surface area contributed by atoms with E-state index in [1.54, 1.807) is 32.8 Å². The molecule has 0 spiro atoms. The molecule has 0 fully saturated rings. The van der Waals surface area contributed by atoms with Crippen LogP contribution >= 0.6 is 0 Å². The molecule has 0 unspecified atom stereocenters. The zero-order valence-corrected chi connectivity index (χ0v) is 13.0. The molecular weight excluding hydrogens is 278 g/mol. The minimum Gasteiger partial charge on any atom is -0.465 e. The standard InChI is InChI=1S/C14H21NO6/c1-6-20-13(17)11(14(18)21-7-2)10(12(16)19-5)8-9-15(3)4/h8-9H,6-7H2,1-5H3. The summed E-state index contributed by atoms with van der Waals surface area (Å²) in [5.41, 5.74) is -0.702. The van der Waals surface area contributed by atoms with Gasteiger partial charge >= 0.3 is 17.9 Å². The van der Waals surface area contributed by atoms with E-state index in [1.165, 1.54) is 12.3 Å². The van der Waals surface area contributed by atoms with Gasteiger partial charge in [0.15, 0.2) is 5.57 Å². The average molecular weight is 299 g/mol. The topological polar surface area (TPSA) is 82.1 Å². The lowest BCUT2D eigenvalue weighted by Crippen LogP contribution is -2.23. The number of esters is 3. The Morgan fingerprint density at radius 3 is 1.76 bits per heavy atom. The Balaban J connectivity index is 5.93. The van der Waals surface area contributed by atoms with Crippen molar-refractivity contribution in [1.29, 1.82) is 0 Å². The van der Waals surface area contributed by atoms with Crippen molar-refractivity contribution >= 4 is 17.9 Å². The zero-order valence-electron chi connectivity index (χ0n) is 13.0. The normalized spacial score (nSPS) is 9.95. The number of hydrogen-bond donors (Lipinski definition) is 0. The van der Waals surface area contributed by atoms with Gasteiger partial charge in [-0.1, -0.05) is 0 Å². The molecule has 0 radical (unpaired) electrons. The van der Waals surface area contributed by atoms with E-state index in [1.807, 2.05) is 0 Å². The summed E-state index contributed by atoms with van der Waals surface area (Å²) >= 11 is 0. The third-order valence-corrected chi connectivity index (χ3v) is 2.17. The molecule has 0 amide bonds. The van der Waals surface area contributed by atoms with Gasteiger partial charge in [0.1, 0.15) is 0 Å². The second-order valence-electron chi connectivity index (χ2n) is 4.00. The first-order valence-corrected chi connectivity index (χ1v) is 6.40. The summed E-state index contributed by atoms with van der Waals surface area (Å²) in [6.07, 6.45) is 2.81. The minimum absolute atomic E-state index is 0.0631. The highest BCUT2D eigenvalue weighted by Gasteiger charge is 2.28. The zero-order chi connectivity index (χ0) is 16.4. The molecule has 118 valence electrons. The molecular formula is C14H21NO6. The highest BCUT2D eigenvalue weighted by atomic mass is 16.6. The Labute approximate surface area is 124 Å². The van der Waals surface area contributed by atoms with Gasteiger partial charge in [0.05, 0.1) is 25.9 Å². The SMILES string of the molecule is CCOC(=O)C(C(=O)OCC)=C(C=CN(C)C)C(=O)OC. The maximum Gasteiger partial charge on any atom is 0.346 e. The van der Waals surface area contributed by atoms with Gasteiger partial charge in [0, 0.05) is 14.1 Å². The van der Waals surface area contributed by atoms with Gasteiger partial charge in [-0.3, -0.25) is 0 Å². The summed E-state index contributed by atoms with van der Waals surface area (Å²) in [6.45, 7) is 3.31. The molecule has 0 aromatic carbocycles. The van der Waals surface area contributed by atoms with Crippen LogP contribution in [0.4, 0.5) is 0 Å². The first kappa shape index (κ1) is 18.7. The van der Waals surface area contributed by atoms with Crippen LogP contribution in [0, 0.1) is 0 Å². The molecule has 0 aliphatic heterocycles. The van der Waals surface area contributed by atoms with E-state index in [-0.39, 0.29) is 18.8 Å². The van der Waals surface area contributed by atoms with E-state index < -0.39 is 23.5 Å².